The number of ether oxygens (including phenoxy) is 2. The van der Waals surface area contributed by atoms with Gasteiger partial charge in [0.05, 0.1) is 18.6 Å². The molecule has 1 aliphatic carbocycles. The Morgan fingerprint density at radius 1 is 1.37 bits per heavy atom. The minimum absolute atomic E-state index is 0.00463. The molecule has 152 valence electrons. The lowest BCUT2D eigenvalue weighted by atomic mass is 9.70. The van der Waals surface area contributed by atoms with Crippen LogP contribution in [0.15, 0.2) is 12.1 Å². The summed E-state index contributed by atoms with van der Waals surface area (Å²) in [6, 6.07) is 3.89. The van der Waals surface area contributed by atoms with Crippen molar-refractivity contribution in [2.75, 3.05) is 14.2 Å². The smallest absolute Gasteiger partial charge is 0.216 e. The van der Waals surface area contributed by atoms with Crippen LogP contribution in [0.3, 0.4) is 0 Å². The predicted molar refractivity (Wildman–Crippen MR) is 105 cm³/mol. The summed E-state index contributed by atoms with van der Waals surface area (Å²) in [6.45, 7) is 9.10. The summed E-state index contributed by atoms with van der Waals surface area (Å²) in [5.74, 6) is 1.02. The van der Waals surface area contributed by atoms with E-state index < -0.39 is 11.7 Å². The standard InChI is InChI=1S/C16H20O4.C3H7NO.C2H6/c1-4-10(17)14-13-12-9(7-8-16(13,2)18)5-6-11(19-3)15(12)20-14;1-3(5)4-2;1-2/h5-6,13-14,18H,4,7-8H2,1-3H3;1-2H3,(H,4,5);1-2H3. The van der Waals surface area contributed by atoms with Gasteiger partial charge in [0.1, 0.15) is 0 Å². The maximum absolute atomic E-state index is 12.2. The second-order valence-corrected chi connectivity index (χ2v) is 6.67. The van der Waals surface area contributed by atoms with Crippen LogP contribution in [0.25, 0.3) is 0 Å². The number of carbonyl (C=O) groups is 2. The Morgan fingerprint density at radius 3 is 2.44 bits per heavy atom. The monoisotopic (exact) mass is 379 g/mol. The van der Waals surface area contributed by atoms with Crippen molar-refractivity contribution in [3.05, 3.63) is 23.3 Å². The molecule has 6 nitrogen and oxygen atoms in total. The van der Waals surface area contributed by atoms with E-state index in [1.165, 1.54) is 6.92 Å². The summed E-state index contributed by atoms with van der Waals surface area (Å²) in [6.07, 6.45) is 1.25. The summed E-state index contributed by atoms with van der Waals surface area (Å²) in [5.41, 5.74) is 1.20. The van der Waals surface area contributed by atoms with Gasteiger partial charge in [-0.1, -0.05) is 26.8 Å². The molecule has 1 amide bonds. The molecule has 0 saturated carbocycles. The van der Waals surface area contributed by atoms with Gasteiger partial charge in [-0.2, -0.15) is 0 Å². The third-order valence-electron chi connectivity index (χ3n) is 4.92. The molecule has 1 aliphatic heterocycles. The van der Waals surface area contributed by atoms with Gasteiger partial charge in [0.25, 0.3) is 0 Å². The number of carbonyl (C=O) groups excluding carboxylic acids is 2. The van der Waals surface area contributed by atoms with E-state index in [-0.39, 0.29) is 17.6 Å². The number of amides is 1. The number of nitrogens with one attached hydrogen (secondary N) is 1. The molecule has 1 heterocycles. The maximum atomic E-state index is 12.2. The highest BCUT2D eigenvalue weighted by Crippen LogP contribution is 2.54. The minimum Gasteiger partial charge on any atom is -0.493 e. The number of rotatable bonds is 3. The highest BCUT2D eigenvalue weighted by molar-refractivity contribution is 5.86. The summed E-state index contributed by atoms with van der Waals surface area (Å²) >= 11 is 0. The van der Waals surface area contributed by atoms with E-state index in [0.29, 0.717) is 24.3 Å². The Hall–Kier alpha value is -2.08. The van der Waals surface area contributed by atoms with E-state index in [2.05, 4.69) is 5.32 Å². The van der Waals surface area contributed by atoms with Gasteiger partial charge in [0.15, 0.2) is 23.4 Å². The van der Waals surface area contributed by atoms with Gasteiger partial charge in [-0.3, -0.25) is 9.59 Å². The minimum atomic E-state index is -0.917. The Kier molecular flexibility index (Phi) is 8.28. The highest BCUT2D eigenvalue weighted by Gasteiger charge is 2.52. The van der Waals surface area contributed by atoms with E-state index in [1.807, 2.05) is 32.9 Å². The zero-order valence-corrected chi connectivity index (χ0v) is 17.5. The van der Waals surface area contributed by atoms with Crippen LogP contribution in [0.4, 0.5) is 0 Å². The second kappa shape index (κ2) is 9.74. The van der Waals surface area contributed by atoms with Crippen molar-refractivity contribution in [1.29, 1.82) is 0 Å². The van der Waals surface area contributed by atoms with Crippen molar-refractivity contribution in [3.8, 4) is 11.5 Å². The molecule has 3 rings (SSSR count). The number of benzene rings is 1. The van der Waals surface area contributed by atoms with Crippen LogP contribution < -0.4 is 14.8 Å². The van der Waals surface area contributed by atoms with Crippen molar-refractivity contribution in [1.82, 2.24) is 5.32 Å². The molecule has 0 radical (unpaired) electrons. The first-order valence-corrected chi connectivity index (χ1v) is 9.56. The topological polar surface area (TPSA) is 84.9 Å². The van der Waals surface area contributed by atoms with Crippen LogP contribution in [-0.4, -0.2) is 42.7 Å². The van der Waals surface area contributed by atoms with Crippen LogP contribution >= 0.6 is 0 Å². The third-order valence-corrected chi connectivity index (χ3v) is 4.92. The fraction of sp³-hybridized carbons (Fsp3) is 0.619. The normalized spacial score (nSPS) is 24.1. The van der Waals surface area contributed by atoms with Gasteiger partial charge >= 0.3 is 0 Å². The second-order valence-electron chi connectivity index (χ2n) is 6.67. The van der Waals surface area contributed by atoms with Crippen LogP contribution in [0.2, 0.25) is 0 Å². The van der Waals surface area contributed by atoms with Crippen molar-refractivity contribution in [2.45, 2.75) is 71.5 Å². The summed E-state index contributed by atoms with van der Waals surface area (Å²) in [4.78, 5) is 21.9. The van der Waals surface area contributed by atoms with Gasteiger partial charge in [-0.15, -0.1) is 0 Å². The lowest BCUT2D eigenvalue weighted by molar-refractivity contribution is -0.129. The molecule has 0 fully saturated rings. The molecular weight excluding hydrogens is 346 g/mol. The predicted octanol–water partition coefficient (Wildman–Crippen LogP) is 2.99. The van der Waals surface area contributed by atoms with Crippen molar-refractivity contribution in [2.24, 2.45) is 0 Å². The van der Waals surface area contributed by atoms with Crippen LogP contribution in [-0.2, 0) is 16.0 Å². The van der Waals surface area contributed by atoms with Crippen molar-refractivity contribution >= 4 is 11.7 Å². The van der Waals surface area contributed by atoms with Gasteiger partial charge in [-0.25, -0.2) is 0 Å². The van der Waals surface area contributed by atoms with Crippen molar-refractivity contribution in [3.63, 3.8) is 0 Å². The van der Waals surface area contributed by atoms with E-state index in [9.17, 15) is 14.7 Å². The third kappa shape index (κ3) is 4.80. The van der Waals surface area contributed by atoms with Gasteiger partial charge in [0.2, 0.25) is 5.91 Å². The summed E-state index contributed by atoms with van der Waals surface area (Å²) in [5, 5.41) is 13.1. The van der Waals surface area contributed by atoms with Crippen LogP contribution in [0.1, 0.15) is 64.5 Å². The van der Waals surface area contributed by atoms with E-state index >= 15 is 0 Å². The maximum Gasteiger partial charge on any atom is 0.216 e. The molecule has 27 heavy (non-hydrogen) atoms. The SMILES string of the molecule is CC.CCC(=O)C1Oc2c(OC)ccc3c2C1C(C)(O)CC3.CNC(C)=O. The molecule has 2 N–H and O–H groups in total. The molecule has 3 unspecified atom stereocenters. The largest absolute Gasteiger partial charge is 0.493 e. The first kappa shape index (κ1) is 23.0. The number of ketones is 1. The molecule has 1 aromatic rings. The van der Waals surface area contributed by atoms with Crippen LogP contribution in [0, 0.1) is 0 Å². The Bertz CT molecular complexity index is 669. The van der Waals surface area contributed by atoms with Crippen LogP contribution in [0.5, 0.6) is 11.5 Å². The number of hydrogen-bond acceptors (Lipinski definition) is 5. The molecule has 0 saturated heterocycles. The zero-order chi connectivity index (χ0) is 20.8. The lowest BCUT2D eigenvalue weighted by Gasteiger charge is -2.37. The molecule has 1 aromatic carbocycles. The van der Waals surface area contributed by atoms with Crippen molar-refractivity contribution < 1.29 is 24.2 Å². The molecule has 0 bridgehead atoms. The molecule has 2 aliphatic rings. The van der Waals surface area contributed by atoms with E-state index in [0.717, 1.165) is 17.5 Å². The summed E-state index contributed by atoms with van der Waals surface area (Å²) < 4.78 is 11.2. The quantitative estimate of drug-likeness (QED) is 0.843. The molecule has 0 spiro atoms. The fourth-order valence-electron chi connectivity index (χ4n) is 3.44. The Morgan fingerprint density at radius 2 is 1.96 bits per heavy atom. The number of Topliss-reactive ketones (excluding diaryl/α,β-unsaturated/α-hetero) is 1. The van der Waals surface area contributed by atoms with Gasteiger partial charge in [-0.05, 0) is 31.4 Å². The molecule has 0 aromatic heterocycles. The van der Waals surface area contributed by atoms with E-state index in [1.54, 1.807) is 21.1 Å². The number of hydrogen-bond donors (Lipinski definition) is 2. The molecular formula is C21H33NO5. The number of aryl methyl sites for hydroxylation is 1. The van der Waals surface area contributed by atoms with E-state index in [4.69, 9.17) is 9.47 Å². The van der Waals surface area contributed by atoms with Gasteiger partial charge < -0.3 is 19.9 Å². The Labute approximate surface area is 162 Å². The highest BCUT2D eigenvalue weighted by atomic mass is 16.5. The lowest BCUT2D eigenvalue weighted by Crippen LogP contribution is -2.45. The number of methoxy groups -OCH3 is 1. The Balaban J connectivity index is 0.000000454. The fourth-order valence-corrected chi connectivity index (χ4v) is 3.44. The first-order valence-electron chi connectivity index (χ1n) is 9.56. The van der Waals surface area contributed by atoms with Gasteiger partial charge in [0, 0.05) is 26.0 Å². The first-order chi connectivity index (χ1) is 12.8. The average molecular weight is 379 g/mol. The number of aliphatic hydroxyl groups is 1. The molecule has 6 heteroatoms. The molecule has 3 atom stereocenters. The zero-order valence-electron chi connectivity index (χ0n) is 17.5. The average Bonchev–Trinajstić information content (AvgIpc) is 3.09. The summed E-state index contributed by atoms with van der Waals surface area (Å²) in [7, 11) is 3.19.